The molecule has 1 aromatic carbocycles. The maximum absolute atomic E-state index is 11.3. The Kier molecular flexibility index (Phi) is 3.06. The smallest absolute Gasteiger partial charge is 0.415 e. The van der Waals surface area contributed by atoms with Crippen LogP contribution in [0.15, 0.2) is 45.6 Å². The van der Waals surface area contributed by atoms with E-state index in [9.17, 15) is 25.0 Å². The number of nitrogens with zero attached hydrogens (tertiary/aromatic N) is 2. The highest BCUT2D eigenvalue weighted by molar-refractivity contribution is 5.59. The highest BCUT2D eigenvalue weighted by atomic mass is 16.6. The molecule has 0 N–H and O–H groups in total. The van der Waals surface area contributed by atoms with Crippen molar-refractivity contribution in [2.75, 3.05) is 0 Å². The number of nitro groups is 2. The first-order chi connectivity index (χ1) is 8.99. The molecule has 1 heterocycles. The van der Waals surface area contributed by atoms with Gasteiger partial charge in [0.2, 0.25) is 0 Å². The van der Waals surface area contributed by atoms with Crippen molar-refractivity contribution in [2.45, 2.75) is 0 Å². The fraction of sp³-hybridized carbons (Fsp3) is 0. The van der Waals surface area contributed by atoms with E-state index < -0.39 is 21.2 Å². The molecule has 0 aliphatic rings. The van der Waals surface area contributed by atoms with Crippen LogP contribution >= 0.6 is 0 Å². The second kappa shape index (κ2) is 4.69. The molecule has 1 aromatic heterocycles. The Balaban J connectivity index is 2.42. The third kappa shape index (κ3) is 2.46. The van der Waals surface area contributed by atoms with Crippen LogP contribution in [0.25, 0.3) is 11.3 Å². The Hall–Kier alpha value is -3.03. The van der Waals surface area contributed by atoms with Crippen LogP contribution in [0.1, 0.15) is 0 Å². The summed E-state index contributed by atoms with van der Waals surface area (Å²) in [7, 11) is 0. The topological polar surface area (TPSA) is 116 Å². The van der Waals surface area contributed by atoms with Gasteiger partial charge >= 0.3 is 11.3 Å². The van der Waals surface area contributed by atoms with Crippen LogP contribution in [0, 0.1) is 20.2 Å². The van der Waals surface area contributed by atoms with Gasteiger partial charge in [-0.2, -0.15) is 0 Å². The molecule has 0 spiro atoms. The number of nitro benzene ring substituents is 1. The zero-order valence-corrected chi connectivity index (χ0v) is 9.31. The molecule has 0 atom stereocenters. The van der Waals surface area contributed by atoms with E-state index in [1.807, 2.05) is 0 Å². The first-order valence-electron chi connectivity index (χ1n) is 5.02. The van der Waals surface area contributed by atoms with Gasteiger partial charge in [0.05, 0.1) is 9.85 Å². The van der Waals surface area contributed by atoms with E-state index in [2.05, 4.69) is 0 Å². The molecule has 0 unspecified atom stereocenters. The monoisotopic (exact) mass is 262 g/mol. The van der Waals surface area contributed by atoms with Crippen molar-refractivity contribution >= 4 is 11.4 Å². The molecule has 8 heteroatoms. The average Bonchev–Trinajstić information content (AvgIpc) is 2.38. The molecular formula is C11H6N2O6. The van der Waals surface area contributed by atoms with Gasteiger partial charge in [-0.1, -0.05) is 0 Å². The quantitative estimate of drug-likeness (QED) is 0.617. The Morgan fingerprint density at radius 3 is 2.00 bits per heavy atom. The van der Waals surface area contributed by atoms with Gasteiger partial charge in [0, 0.05) is 23.8 Å². The number of non-ortho nitro benzene ring substituents is 1. The molecule has 19 heavy (non-hydrogen) atoms. The van der Waals surface area contributed by atoms with Crippen molar-refractivity contribution in [2.24, 2.45) is 0 Å². The first kappa shape index (κ1) is 12.4. The maximum Gasteiger partial charge on any atom is 0.415 e. The summed E-state index contributed by atoms with van der Waals surface area (Å²) in [6.45, 7) is 0. The third-order valence-corrected chi connectivity index (χ3v) is 2.36. The van der Waals surface area contributed by atoms with Crippen molar-refractivity contribution in [1.29, 1.82) is 0 Å². The van der Waals surface area contributed by atoms with Crippen molar-refractivity contribution in [3.63, 3.8) is 0 Å². The molecule has 96 valence electrons. The zero-order chi connectivity index (χ0) is 14.0. The largest absolute Gasteiger partial charge is 0.418 e. The second-order valence-electron chi connectivity index (χ2n) is 3.53. The normalized spacial score (nSPS) is 10.1. The van der Waals surface area contributed by atoms with E-state index >= 15 is 0 Å². The fourth-order valence-electron chi connectivity index (χ4n) is 1.45. The highest BCUT2D eigenvalue weighted by Gasteiger charge is 2.15. The van der Waals surface area contributed by atoms with Gasteiger partial charge in [-0.15, -0.1) is 0 Å². The van der Waals surface area contributed by atoms with Crippen molar-refractivity contribution < 1.29 is 14.3 Å². The maximum atomic E-state index is 11.3. The van der Waals surface area contributed by atoms with E-state index in [4.69, 9.17) is 4.42 Å². The Morgan fingerprint density at radius 1 is 0.895 bits per heavy atom. The minimum absolute atomic E-state index is 0.102. The van der Waals surface area contributed by atoms with Crippen molar-refractivity contribution in [3.8, 4) is 11.3 Å². The molecule has 0 aliphatic heterocycles. The van der Waals surface area contributed by atoms with Gasteiger partial charge in [-0.3, -0.25) is 20.2 Å². The predicted octanol–water partition coefficient (Wildman–Crippen LogP) is 2.12. The standard InChI is InChI=1S/C11H6N2O6/c14-11-9(13(17)18)5-6-10(19-11)7-1-3-8(4-2-7)12(15)16/h1-6H. The molecule has 0 fully saturated rings. The van der Waals surface area contributed by atoms with E-state index in [0.29, 0.717) is 5.56 Å². The summed E-state index contributed by atoms with van der Waals surface area (Å²) in [5, 5.41) is 20.9. The number of rotatable bonds is 3. The molecule has 0 bridgehead atoms. The van der Waals surface area contributed by atoms with E-state index in [1.165, 1.54) is 30.3 Å². The lowest BCUT2D eigenvalue weighted by atomic mass is 10.1. The minimum atomic E-state index is -1.07. The SMILES string of the molecule is O=c1oc(-c2ccc([N+](=O)[O-])cc2)ccc1[N+](=O)[O-]. The van der Waals surface area contributed by atoms with Crippen molar-refractivity contribution in [1.82, 2.24) is 0 Å². The number of benzene rings is 1. The van der Waals surface area contributed by atoms with Crippen LogP contribution in [0.3, 0.4) is 0 Å². The summed E-state index contributed by atoms with van der Waals surface area (Å²) in [5.74, 6) is 0.102. The molecule has 0 amide bonds. The Labute approximate surface area is 105 Å². The van der Waals surface area contributed by atoms with Crippen LogP contribution in [0.4, 0.5) is 11.4 Å². The molecule has 2 aromatic rings. The fourth-order valence-corrected chi connectivity index (χ4v) is 1.45. The molecule has 0 saturated heterocycles. The van der Waals surface area contributed by atoms with E-state index in [0.717, 1.165) is 6.07 Å². The number of hydrogen-bond acceptors (Lipinski definition) is 6. The molecule has 0 aliphatic carbocycles. The van der Waals surface area contributed by atoms with Gasteiger partial charge in [0.15, 0.2) is 0 Å². The van der Waals surface area contributed by atoms with Crippen LogP contribution in [-0.4, -0.2) is 9.85 Å². The molecule has 0 saturated carbocycles. The van der Waals surface area contributed by atoms with E-state index in [-0.39, 0.29) is 11.4 Å². The molecule has 8 nitrogen and oxygen atoms in total. The molecule has 2 rings (SSSR count). The lowest BCUT2D eigenvalue weighted by Crippen LogP contribution is -2.06. The number of hydrogen-bond donors (Lipinski definition) is 0. The van der Waals surface area contributed by atoms with Gasteiger partial charge < -0.3 is 4.42 Å². The third-order valence-electron chi connectivity index (χ3n) is 2.36. The Morgan fingerprint density at radius 2 is 1.53 bits per heavy atom. The van der Waals surface area contributed by atoms with Crippen LogP contribution in [0.2, 0.25) is 0 Å². The highest BCUT2D eigenvalue weighted by Crippen LogP contribution is 2.22. The summed E-state index contributed by atoms with van der Waals surface area (Å²) >= 11 is 0. The van der Waals surface area contributed by atoms with Crippen LogP contribution < -0.4 is 5.63 Å². The lowest BCUT2D eigenvalue weighted by molar-refractivity contribution is -0.387. The van der Waals surface area contributed by atoms with Gasteiger partial charge in [-0.05, 0) is 18.2 Å². The zero-order valence-electron chi connectivity index (χ0n) is 9.31. The summed E-state index contributed by atoms with van der Waals surface area (Å²) in [6, 6.07) is 7.57. The van der Waals surface area contributed by atoms with Gasteiger partial charge in [-0.25, -0.2) is 4.79 Å². The van der Waals surface area contributed by atoms with Gasteiger partial charge in [0.1, 0.15) is 5.76 Å². The second-order valence-corrected chi connectivity index (χ2v) is 3.53. The van der Waals surface area contributed by atoms with Gasteiger partial charge in [0.25, 0.3) is 5.69 Å². The lowest BCUT2D eigenvalue weighted by Gasteiger charge is -1.99. The average molecular weight is 262 g/mol. The van der Waals surface area contributed by atoms with E-state index in [1.54, 1.807) is 0 Å². The van der Waals surface area contributed by atoms with Crippen LogP contribution in [0.5, 0.6) is 0 Å². The minimum Gasteiger partial charge on any atom is -0.418 e. The summed E-state index contributed by atoms with van der Waals surface area (Å²) in [5.41, 5.74) is -1.42. The van der Waals surface area contributed by atoms with Crippen molar-refractivity contribution in [3.05, 3.63) is 67.0 Å². The molecule has 0 radical (unpaired) electrons. The molecular weight excluding hydrogens is 256 g/mol. The summed E-state index contributed by atoms with van der Waals surface area (Å²) < 4.78 is 4.79. The summed E-state index contributed by atoms with van der Waals surface area (Å²) in [4.78, 5) is 30.9. The first-order valence-corrected chi connectivity index (χ1v) is 5.02. The summed E-state index contributed by atoms with van der Waals surface area (Å²) in [6.07, 6.45) is 0. The Bertz CT molecular complexity index is 704. The van der Waals surface area contributed by atoms with Crippen LogP contribution in [-0.2, 0) is 0 Å². The predicted molar refractivity (Wildman–Crippen MR) is 63.7 cm³/mol.